The Hall–Kier alpha value is -1.55. The van der Waals surface area contributed by atoms with Gasteiger partial charge in [-0.3, -0.25) is 4.79 Å². The highest BCUT2D eigenvalue weighted by Gasteiger charge is 2.02. The highest BCUT2D eigenvalue weighted by atomic mass is 35.5. The van der Waals surface area contributed by atoms with Crippen LogP contribution in [0.1, 0.15) is 83.6 Å². The van der Waals surface area contributed by atoms with E-state index in [0.717, 1.165) is 30.6 Å². The lowest BCUT2D eigenvalue weighted by Gasteiger charge is -2.08. The molecule has 4 nitrogen and oxygen atoms in total. The summed E-state index contributed by atoms with van der Waals surface area (Å²) in [6, 6.07) is 5.53. The van der Waals surface area contributed by atoms with Crippen LogP contribution in [0.5, 0.6) is 5.75 Å². The summed E-state index contributed by atoms with van der Waals surface area (Å²) in [6.07, 6.45) is 12.8. The predicted molar refractivity (Wildman–Crippen MR) is 110 cm³/mol. The molecule has 0 aliphatic rings. The Morgan fingerprint density at radius 3 is 2.46 bits per heavy atom. The van der Waals surface area contributed by atoms with Crippen molar-refractivity contribution in [3.8, 4) is 5.75 Å². The Morgan fingerprint density at radius 1 is 1.08 bits per heavy atom. The first kappa shape index (κ1) is 22.5. The maximum Gasteiger partial charge on any atom is 0.240 e. The number of halogens is 1. The van der Waals surface area contributed by atoms with Gasteiger partial charge in [-0.2, -0.15) is 5.10 Å². The van der Waals surface area contributed by atoms with Crippen LogP contribution >= 0.6 is 11.6 Å². The summed E-state index contributed by atoms with van der Waals surface area (Å²) in [7, 11) is 0. The summed E-state index contributed by atoms with van der Waals surface area (Å²) >= 11 is 6.26. The van der Waals surface area contributed by atoms with Crippen LogP contribution in [0, 0.1) is 0 Å². The fourth-order valence-electron chi connectivity index (χ4n) is 2.52. The van der Waals surface area contributed by atoms with Crippen molar-refractivity contribution in [1.29, 1.82) is 0 Å². The molecule has 0 fully saturated rings. The van der Waals surface area contributed by atoms with E-state index in [0.29, 0.717) is 18.1 Å². The molecule has 0 heterocycles. The molecule has 0 radical (unpaired) electrons. The Kier molecular flexibility index (Phi) is 12.6. The number of nitrogens with one attached hydrogen (secondary N) is 1. The van der Waals surface area contributed by atoms with Gasteiger partial charge in [0.25, 0.3) is 0 Å². The Balaban J connectivity index is 2.27. The van der Waals surface area contributed by atoms with E-state index in [9.17, 15) is 4.79 Å². The van der Waals surface area contributed by atoms with Crippen molar-refractivity contribution in [1.82, 2.24) is 5.43 Å². The largest absolute Gasteiger partial charge is 0.494 e. The summed E-state index contributed by atoms with van der Waals surface area (Å²) < 4.78 is 5.76. The monoisotopic (exact) mass is 380 g/mol. The lowest BCUT2D eigenvalue weighted by atomic mass is 10.1. The molecule has 0 spiro atoms. The maximum atomic E-state index is 11.5. The molecule has 1 amide bonds. The molecule has 1 N–H and O–H groups in total. The average molecular weight is 381 g/mol. The molecule has 0 atom stereocenters. The summed E-state index contributed by atoms with van der Waals surface area (Å²) in [6.45, 7) is 5.00. The van der Waals surface area contributed by atoms with Gasteiger partial charge in [-0.1, -0.05) is 70.4 Å². The smallest absolute Gasteiger partial charge is 0.240 e. The van der Waals surface area contributed by atoms with Gasteiger partial charge in [-0.15, -0.1) is 0 Å². The molecule has 26 heavy (non-hydrogen) atoms. The molecule has 0 saturated heterocycles. The van der Waals surface area contributed by atoms with Crippen LogP contribution in [0.4, 0.5) is 0 Å². The van der Waals surface area contributed by atoms with Gasteiger partial charge in [0.15, 0.2) is 0 Å². The van der Waals surface area contributed by atoms with Gasteiger partial charge in [-0.25, -0.2) is 5.43 Å². The Labute approximate surface area is 163 Å². The van der Waals surface area contributed by atoms with Crippen LogP contribution < -0.4 is 10.2 Å². The maximum absolute atomic E-state index is 11.5. The first-order valence-electron chi connectivity index (χ1n) is 9.91. The number of amides is 1. The minimum atomic E-state index is -0.0751. The Morgan fingerprint density at radius 2 is 1.77 bits per heavy atom. The third kappa shape index (κ3) is 10.4. The van der Waals surface area contributed by atoms with Gasteiger partial charge in [0.05, 0.1) is 17.8 Å². The van der Waals surface area contributed by atoms with Gasteiger partial charge in [-0.05, 0) is 31.0 Å². The van der Waals surface area contributed by atoms with E-state index < -0.39 is 0 Å². The number of ether oxygens (including phenoxy) is 1. The number of carbonyl (C=O) groups excluding carboxylic acids is 1. The number of hydrogen-bond acceptors (Lipinski definition) is 3. The minimum Gasteiger partial charge on any atom is -0.494 e. The molecule has 146 valence electrons. The lowest BCUT2D eigenvalue weighted by molar-refractivity contribution is -0.121. The number of carbonyl (C=O) groups is 1. The molecule has 1 aromatic carbocycles. The third-order valence-electron chi connectivity index (χ3n) is 4.14. The number of rotatable bonds is 14. The van der Waals surface area contributed by atoms with E-state index in [2.05, 4.69) is 17.5 Å². The fourth-order valence-corrected chi connectivity index (χ4v) is 2.74. The van der Waals surface area contributed by atoms with Crippen LogP contribution in [0.3, 0.4) is 0 Å². The average Bonchev–Trinajstić information content (AvgIpc) is 2.64. The van der Waals surface area contributed by atoms with Gasteiger partial charge in [0.2, 0.25) is 5.91 Å². The SMILES string of the molecule is CCCCCCCCCOc1ccc(/C=N/NC(=O)CCCC)c(Cl)c1. The van der Waals surface area contributed by atoms with Crippen molar-refractivity contribution in [3.63, 3.8) is 0 Å². The lowest BCUT2D eigenvalue weighted by Crippen LogP contribution is -2.16. The first-order chi connectivity index (χ1) is 12.7. The highest BCUT2D eigenvalue weighted by molar-refractivity contribution is 6.33. The molecule has 1 aromatic rings. The van der Waals surface area contributed by atoms with Gasteiger partial charge in [0, 0.05) is 12.0 Å². The number of hydrazone groups is 1. The molecule has 0 unspecified atom stereocenters. The standard InChI is InChI=1S/C21H33ClN2O2/c1-3-5-7-8-9-10-11-15-26-19-14-13-18(20(22)16-19)17-23-24-21(25)12-6-4-2/h13-14,16-17H,3-12,15H2,1-2H3,(H,24,25)/b23-17+. The van der Waals surface area contributed by atoms with E-state index >= 15 is 0 Å². The van der Waals surface area contributed by atoms with Crippen LogP contribution in [-0.4, -0.2) is 18.7 Å². The second-order valence-corrected chi connectivity index (χ2v) is 6.96. The zero-order valence-electron chi connectivity index (χ0n) is 16.2. The van der Waals surface area contributed by atoms with Gasteiger partial charge >= 0.3 is 0 Å². The van der Waals surface area contributed by atoms with Gasteiger partial charge in [0.1, 0.15) is 5.75 Å². The number of nitrogens with zero attached hydrogens (tertiary/aromatic N) is 1. The summed E-state index contributed by atoms with van der Waals surface area (Å²) in [5.74, 6) is 0.694. The van der Waals surface area contributed by atoms with E-state index in [-0.39, 0.29) is 5.91 Å². The first-order valence-corrected chi connectivity index (χ1v) is 10.3. The second-order valence-electron chi connectivity index (χ2n) is 6.55. The van der Waals surface area contributed by atoms with Crippen molar-refractivity contribution >= 4 is 23.7 Å². The quantitative estimate of drug-likeness (QED) is 0.240. The van der Waals surface area contributed by atoms with Crippen molar-refractivity contribution in [2.75, 3.05) is 6.61 Å². The van der Waals surface area contributed by atoms with Crippen LogP contribution in [0.15, 0.2) is 23.3 Å². The van der Waals surface area contributed by atoms with Crippen LogP contribution in [0.2, 0.25) is 5.02 Å². The van der Waals surface area contributed by atoms with Crippen LogP contribution in [-0.2, 0) is 4.79 Å². The number of benzene rings is 1. The highest BCUT2D eigenvalue weighted by Crippen LogP contribution is 2.21. The van der Waals surface area contributed by atoms with Crippen molar-refractivity contribution in [2.45, 2.75) is 78.1 Å². The molecular weight excluding hydrogens is 348 g/mol. The third-order valence-corrected chi connectivity index (χ3v) is 4.47. The molecule has 1 rings (SSSR count). The zero-order chi connectivity index (χ0) is 19.0. The summed E-state index contributed by atoms with van der Waals surface area (Å²) in [5, 5.41) is 4.52. The number of unbranched alkanes of at least 4 members (excludes halogenated alkanes) is 7. The second kappa shape index (κ2) is 14.6. The topological polar surface area (TPSA) is 50.7 Å². The summed E-state index contributed by atoms with van der Waals surface area (Å²) in [4.78, 5) is 11.5. The molecule has 0 aliphatic carbocycles. The number of hydrogen-bond donors (Lipinski definition) is 1. The molecule has 0 aromatic heterocycles. The van der Waals surface area contributed by atoms with E-state index in [1.165, 1.54) is 38.5 Å². The predicted octanol–water partition coefficient (Wildman–Crippen LogP) is 6.11. The van der Waals surface area contributed by atoms with Crippen molar-refractivity contribution < 1.29 is 9.53 Å². The van der Waals surface area contributed by atoms with E-state index in [1.54, 1.807) is 12.3 Å². The fraction of sp³-hybridized carbons (Fsp3) is 0.619. The van der Waals surface area contributed by atoms with Crippen molar-refractivity contribution in [3.05, 3.63) is 28.8 Å². The normalized spacial score (nSPS) is 11.0. The molecular formula is C21H33ClN2O2. The van der Waals surface area contributed by atoms with Crippen LogP contribution in [0.25, 0.3) is 0 Å². The molecule has 0 saturated carbocycles. The Bertz CT molecular complexity index is 547. The molecule has 0 aliphatic heterocycles. The van der Waals surface area contributed by atoms with Crippen molar-refractivity contribution in [2.24, 2.45) is 5.10 Å². The van der Waals surface area contributed by atoms with Gasteiger partial charge < -0.3 is 4.74 Å². The summed E-state index contributed by atoms with van der Waals surface area (Å²) in [5.41, 5.74) is 3.27. The minimum absolute atomic E-state index is 0.0751. The molecule has 0 bridgehead atoms. The molecule has 5 heteroatoms. The zero-order valence-corrected chi connectivity index (χ0v) is 17.0. The van der Waals surface area contributed by atoms with E-state index in [4.69, 9.17) is 16.3 Å². The van der Waals surface area contributed by atoms with E-state index in [1.807, 2.05) is 19.1 Å².